The van der Waals surface area contributed by atoms with E-state index in [4.69, 9.17) is 10.5 Å². The summed E-state index contributed by atoms with van der Waals surface area (Å²) in [5, 5.41) is 4.97. The highest BCUT2D eigenvalue weighted by molar-refractivity contribution is 5.73. The van der Waals surface area contributed by atoms with Gasteiger partial charge >= 0.3 is 0 Å². The highest BCUT2D eigenvalue weighted by atomic mass is 16.5. The Morgan fingerprint density at radius 1 is 1.14 bits per heavy atom. The minimum atomic E-state index is 0.486. The van der Waals surface area contributed by atoms with Crippen molar-refractivity contribution < 1.29 is 4.74 Å². The van der Waals surface area contributed by atoms with E-state index in [1.807, 2.05) is 38.4 Å². The van der Waals surface area contributed by atoms with E-state index in [9.17, 15) is 0 Å². The minimum Gasteiger partial charge on any atom is -0.497 e. The van der Waals surface area contributed by atoms with Crippen LogP contribution in [0.15, 0.2) is 30.6 Å². The van der Waals surface area contributed by atoms with E-state index >= 15 is 0 Å². The molecule has 0 aliphatic carbocycles. The van der Waals surface area contributed by atoms with Gasteiger partial charge in [-0.05, 0) is 17.7 Å². The molecule has 0 aliphatic heterocycles. The van der Waals surface area contributed by atoms with Crippen LogP contribution in [0.25, 0.3) is 0 Å². The number of methoxy groups -OCH3 is 1. The molecule has 1 aromatic carbocycles. The number of aromatic nitrogens is 2. The molecular weight excluding hydrogens is 268 g/mol. The molecular formula is C14H20N6O. The average Bonchev–Trinajstić information content (AvgIpc) is 2.48. The van der Waals surface area contributed by atoms with Crippen LogP contribution in [0, 0.1) is 0 Å². The van der Waals surface area contributed by atoms with Gasteiger partial charge < -0.3 is 21.2 Å². The first-order valence-electron chi connectivity index (χ1n) is 6.51. The Morgan fingerprint density at radius 3 is 2.43 bits per heavy atom. The summed E-state index contributed by atoms with van der Waals surface area (Å²) < 4.78 is 5.13. The molecule has 0 fully saturated rings. The maximum absolute atomic E-state index is 6.04. The van der Waals surface area contributed by atoms with Crippen LogP contribution in [0.1, 0.15) is 5.56 Å². The zero-order valence-corrected chi connectivity index (χ0v) is 12.4. The lowest BCUT2D eigenvalue weighted by molar-refractivity contribution is 0.414. The standard InChI is InChI=1S/C14H20N6O/c1-20(2)19-14-12(15)13(17-9-18-14)16-8-10-4-6-11(21-3)7-5-10/h4-7,9H,8,15H2,1-3H3,(H2,16,17,18,19). The van der Waals surface area contributed by atoms with Gasteiger partial charge in [-0.2, -0.15) is 0 Å². The molecule has 0 aliphatic rings. The highest BCUT2D eigenvalue weighted by Crippen LogP contribution is 2.23. The van der Waals surface area contributed by atoms with Crippen molar-refractivity contribution in [2.24, 2.45) is 0 Å². The molecule has 0 amide bonds. The van der Waals surface area contributed by atoms with Crippen LogP contribution in [-0.4, -0.2) is 36.2 Å². The number of nitrogen functional groups attached to an aromatic ring is 1. The molecule has 0 unspecified atom stereocenters. The van der Waals surface area contributed by atoms with Crippen LogP contribution >= 0.6 is 0 Å². The molecule has 7 heteroatoms. The molecule has 1 aromatic heterocycles. The summed E-state index contributed by atoms with van der Waals surface area (Å²) in [6, 6.07) is 7.81. The quantitative estimate of drug-likeness (QED) is 0.695. The monoisotopic (exact) mass is 288 g/mol. The van der Waals surface area contributed by atoms with E-state index in [2.05, 4.69) is 20.7 Å². The van der Waals surface area contributed by atoms with Crippen LogP contribution < -0.4 is 21.2 Å². The third-order valence-corrected chi connectivity index (χ3v) is 2.83. The van der Waals surface area contributed by atoms with Gasteiger partial charge in [0.05, 0.1) is 7.11 Å². The molecule has 7 nitrogen and oxygen atoms in total. The van der Waals surface area contributed by atoms with E-state index in [0.29, 0.717) is 23.9 Å². The number of benzene rings is 1. The lowest BCUT2D eigenvalue weighted by atomic mass is 10.2. The third-order valence-electron chi connectivity index (χ3n) is 2.83. The second-order valence-electron chi connectivity index (χ2n) is 4.69. The Hall–Kier alpha value is -2.54. The summed E-state index contributed by atoms with van der Waals surface area (Å²) in [5.74, 6) is 2.01. The number of nitrogens with zero attached hydrogens (tertiary/aromatic N) is 3. The largest absolute Gasteiger partial charge is 0.497 e. The average molecular weight is 288 g/mol. The number of rotatable bonds is 6. The van der Waals surface area contributed by atoms with Crippen LogP contribution in [0.3, 0.4) is 0 Å². The molecule has 1 heterocycles. The molecule has 0 saturated carbocycles. The molecule has 2 aromatic rings. The smallest absolute Gasteiger partial charge is 0.169 e. The molecule has 0 spiro atoms. The summed E-state index contributed by atoms with van der Waals surface area (Å²) in [6.07, 6.45) is 1.47. The van der Waals surface area contributed by atoms with Crippen molar-refractivity contribution in [1.82, 2.24) is 15.0 Å². The molecule has 0 bridgehead atoms. The van der Waals surface area contributed by atoms with Gasteiger partial charge in [-0.3, -0.25) is 0 Å². The van der Waals surface area contributed by atoms with E-state index in [-0.39, 0.29) is 0 Å². The van der Waals surface area contributed by atoms with E-state index in [1.165, 1.54) is 6.33 Å². The fourth-order valence-corrected chi connectivity index (χ4v) is 1.77. The zero-order chi connectivity index (χ0) is 15.2. The number of hydrogen-bond acceptors (Lipinski definition) is 7. The van der Waals surface area contributed by atoms with Crippen LogP contribution in [0.4, 0.5) is 17.3 Å². The zero-order valence-electron chi connectivity index (χ0n) is 12.4. The number of nitrogens with two attached hydrogens (primary N) is 1. The fourth-order valence-electron chi connectivity index (χ4n) is 1.77. The summed E-state index contributed by atoms with van der Waals surface area (Å²) >= 11 is 0. The molecule has 0 radical (unpaired) electrons. The van der Waals surface area contributed by atoms with Gasteiger partial charge in [0, 0.05) is 20.6 Å². The van der Waals surface area contributed by atoms with Crippen LogP contribution in [0.2, 0.25) is 0 Å². The number of anilines is 3. The molecule has 0 atom stereocenters. The number of hydrogen-bond donors (Lipinski definition) is 3. The SMILES string of the molecule is COc1ccc(CNc2ncnc(NN(C)C)c2N)cc1. The van der Waals surface area contributed by atoms with Gasteiger partial charge in [0.25, 0.3) is 0 Å². The van der Waals surface area contributed by atoms with Crippen molar-refractivity contribution in [3.05, 3.63) is 36.2 Å². The predicted molar refractivity (Wildman–Crippen MR) is 84.1 cm³/mol. The first-order chi connectivity index (χ1) is 10.1. The lowest BCUT2D eigenvalue weighted by Gasteiger charge is -2.16. The number of ether oxygens (including phenoxy) is 1. The van der Waals surface area contributed by atoms with Crippen molar-refractivity contribution in [2.45, 2.75) is 6.54 Å². The molecule has 21 heavy (non-hydrogen) atoms. The predicted octanol–water partition coefficient (Wildman–Crippen LogP) is 1.57. The summed E-state index contributed by atoms with van der Waals surface area (Å²) in [7, 11) is 5.38. The van der Waals surface area contributed by atoms with Gasteiger partial charge in [0.15, 0.2) is 11.6 Å². The number of hydrazine groups is 1. The van der Waals surface area contributed by atoms with Crippen molar-refractivity contribution in [3.63, 3.8) is 0 Å². The van der Waals surface area contributed by atoms with Gasteiger partial charge in [0.2, 0.25) is 0 Å². The number of nitrogens with one attached hydrogen (secondary N) is 2. The molecule has 0 saturated heterocycles. The molecule has 4 N–H and O–H groups in total. The molecule has 112 valence electrons. The second-order valence-corrected chi connectivity index (χ2v) is 4.69. The Kier molecular flexibility index (Phi) is 4.78. The lowest BCUT2D eigenvalue weighted by Crippen LogP contribution is -2.22. The van der Waals surface area contributed by atoms with Gasteiger partial charge in [-0.25, -0.2) is 15.0 Å². The Bertz CT molecular complexity index is 585. The maximum Gasteiger partial charge on any atom is 0.169 e. The normalized spacial score (nSPS) is 10.5. The van der Waals surface area contributed by atoms with Crippen molar-refractivity contribution in [3.8, 4) is 5.75 Å². The Labute approximate surface area is 124 Å². The highest BCUT2D eigenvalue weighted by Gasteiger charge is 2.08. The van der Waals surface area contributed by atoms with Gasteiger partial charge in [-0.15, -0.1) is 0 Å². The third kappa shape index (κ3) is 3.96. The van der Waals surface area contributed by atoms with Gasteiger partial charge in [-0.1, -0.05) is 12.1 Å². The Morgan fingerprint density at radius 2 is 1.81 bits per heavy atom. The van der Waals surface area contributed by atoms with Crippen molar-refractivity contribution in [2.75, 3.05) is 37.7 Å². The Balaban J connectivity index is 2.05. The van der Waals surface area contributed by atoms with Crippen LogP contribution in [-0.2, 0) is 6.54 Å². The van der Waals surface area contributed by atoms with Gasteiger partial charge in [0.1, 0.15) is 17.8 Å². The maximum atomic E-state index is 6.04. The molecule has 2 rings (SSSR count). The van der Waals surface area contributed by atoms with E-state index in [0.717, 1.165) is 11.3 Å². The summed E-state index contributed by atoms with van der Waals surface area (Å²) in [6.45, 7) is 0.618. The van der Waals surface area contributed by atoms with E-state index < -0.39 is 0 Å². The first kappa shape index (κ1) is 14.9. The first-order valence-corrected chi connectivity index (χ1v) is 6.51. The second kappa shape index (κ2) is 6.76. The fraction of sp³-hybridized carbons (Fsp3) is 0.286. The van der Waals surface area contributed by atoms with E-state index in [1.54, 1.807) is 12.1 Å². The minimum absolute atomic E-state index is 0.486. The topological polar surface area (TPSA) is 88.3 Å². The summed E-state index contributed by atoms with van der Waals surface area (Å²) in [5.41, 5.74) is 10.7. The van der Waals surface area contributed by atoms with Crippen LogP contribution in [0.5, 0.6) is 5.75 Å². The summed E-state index contributed by atoms with van der Waals surface area (Å²) in [4.78, 5) is 8.28. The van der Waals surface area contributed by atoms with Crippen molar-refractivity contribution >= 4 is 17.3 Å². The van der Waals surface area contributed by atoms with Crippen molar-refractivity contribution in [1.29, 1.82) is 0 Å².